The van der Waals surface area contributed by atoms with Gasteiger partial charge in [0.1, 0.15) is 0 Å². The fourth-order valence-corrected chi connectivity index (χ4v) is 5.61. The van der Waals surface area contributed by atoms with E-state index in [1.165, 1.54) is 110 Å². The Bertz CT molecular complexity index is 755. The van der Waals surface area contributed by atoms with E-state index in [4.69, 9.17) is 0 Å². The molecule has 64 heavy (non-hydrogen) atoms. The van der Waals surface area contributed by atoms with Gasteiger partial charge in [-0.05, 0) is 143 Å². The van der Waals surface area contributed by atoms with Gasteiger partial charge in [-0.3, -0.25) is 0 Å². The Balaban J connectivity index is -0.0000000923. The summed E-state index contributed by atoms with van der Waals surface area (Å²) in [6.45, 7) is 69.7. The molecule has 0 aromatic rings. The Morgan fingerprint density at radius 2 is 0.859 bits per heavy atom. The quantitative estimate of drug-likeness (QED) is 0.127. The van der Waals surface area contributed by atoms with Gasteiger partial charge in [0.15, 0.2) is 0 Å². The average molecular weight is 920 g/mol. The number of alkyl halides is 1. The van der Waals surface area contributed by atoms with E-state index in [9.17, 15) is 4.39 Å². The van der Waals surface area contributed by atoms with Crippen LogP contribution in [0, 0.1) is 64.1 Å². The average Bonchev–Trinajstić information content (AvgIpc) is 3.09. The molecule has 0 radical (unpaired) electrons. The fraction of sp³-hybridized carbons (Fsp3) is 1.00. The van der Waals surface area contributed by atoms with Crippen molar-refractivity contribution in [3.05, 3.63) is 0 Å². The van der Waals surface area contributed by atoms with Gasteiger partial charge in [0.05, 0.1) is 6.17 Å². The van der Waals surface area contributed by atoms with E-state index in [1.54, 1.807) is 6.92 Å². The summed E-state index contributed by atoms with van der Waals surface area (Å²) in [5, 5.41) is 0. The van der Waals surface area contributed by atoms with Crippen molar-refractivity contribution in [2.24, 2.45) is 64.1 Å². The molecule has 2 nitrogen and oxygen atoms in total. The van der Waals surface area contributed by atoms with Crippen molar-refractivity contribution < 1.29 is 4.39 Å². The normalized spacial score (nSPS) is 12.8. The molecule has 0 spiro atoms. The van der Waals surface area contributed by atoms with E-state index >= 15 is 0 Å². The van der Waals surface area contributed by atoms with Crippen LogP contribution in [0.1, 0.15) is 291 Å². The minimum absolute atomic E-state index is 0.500. The molecule has 1 aliphatic heterocycles. The van der Waals surface area contributed by atoms with Crippen molar-refractivity contribution in [1.82, 2.24) is 9.80 Å². The van der Waals surface area contributed by atoms with E-state index in [0.717, 1.165) is 47.3 Å². The molecule has 0 saturated carbocycles. The SMILES string of the molecule is CC(C)CC(C)(C)C.CC(C)CC(C)F.CC(C)CCN(C)C.CC(C)CCN1CCC1.CCC(C)(C)C(C)C.CCC(C)C.CCCC(C)C.CCCC(C)C.CCCCC(C)C. The minimum Gasteiger partial charge on any atom is -0.309 e. The summed E-state index contributed by atoms with van der Waals surface area (Å²) in [5.41, 5.74) is 1.06. The van der Waals surface area contributed by atoms with Crippen molar-refractivity contribution in [2.45, 2.75) is 297 Å². The van der Waals surface area contributed by atoms with Gasteiger partial charge in [0, 0.05) is 0 Å². The van der Waals surface area contributed by atoms with Crippen LogP contribution in [-0.2, 0) is 0 Å². The Hall–Kier alpha value is -0.150. The molecule has 1 aliphatic rings. The molecule has 1 atom stereocenters. The van der Waals surface area contributed by atoms with Crippen LogP contribution in [-0.4, -0.2) is 56.2 Å². The zero-order valence-corrected chi connectivity index (χ0v) is 51.8. The predicted molar refractivity (Wildman–Crippen MR) is 305 cm³/mol. The van der Waals surface area contributed by atoms with Gasteiger partial charge < -0.3 is 9.80 Å². The third kappa shape index (κ3) is 109. The Morgan fingerprint density at radius 3 is 0.938 bits per heavy atom. The van der Waals surface area contributed by atoms with Gasteiger partial charge in [-0.1, -0.05) is 252 Å². The summed E-state index contributed by atoms with van der Waals surface area (Å²) in [6.07, 6.45) is 17.7. The molecule has 1 heterocycles. The second kappa shape index (κ2) is 55.4. The van der Waals surface area contributed by atoms with E-state index in [0.29, 0.717) is 23.2 Å². The van der Waals surface area contributed by atoms with Crippen molar-refractivity contribution in [1.29, 1.82) is 0 Å². The molecule has 400 valence electrons. The lowest BCUT2D eigenvalue weighted by molar-refractivity contribution is 0.172. The monoisotopic (exact) mass is 919 g/mol. The summed E-state index contributed by atoms with van der Waals surface area (Å²) >= 11 is 0. The van der Waals surface area contributed by atoms with E-state index in [2.05, 4.69) is 204 Å². The lowest BCUT2D eigenvalue weighted by atomic mass is 9.79. The van der Waals surface area contributed by atoms with E-state index in [-0.39, 0.29) is 0 Å². The highest BCUT2D eigenvalue weighted by Crippen LogP contribution is 2.29. The second-order valence-corrected chi connectivity index (χ2v) is 25.1. The largest absolute Gasteiger partial charge is 0.309 e. The van der Waals surface area contributed by atoms with Gasteiger partial charge in [0.2, 0.25) is 0 Å². The highest BCUT2D eigenvalue weighted by Gasteiger charge is 2.18. The van der Waals surface area contributed by atoms with Crippen LogP contribution < -0.4 is 0 Å². The summed E-state index contributed by atoms with van der Waals surface area (Å²) in [5.74, 6) is 7.46. The zero-order valence-electron chi connectivity index (χ0n) is 51.8. The number of halogens is 1. The molecule has 0 bridgehead atoms. The molecular formula is C61H139FN2. The summed E-state index contributed by atoms with van der Waals surface area (Å²) in [6, 6.07) is 0. The topological polar surface area (TPSA) is 6.48 Å². The maximum atomic E-state index is 12.0. The van der Waals surface area contributed by atoms with Crippen LogP contribution in [0.15, 0.2) is 0 Å². The van der Waals surface area contributed by atoms with Crippen LogP contribution in [0.3, 0.4) is 0 Å². The van der Waals surface area contributed by atoms with Crippen molar-refractivity contribution >= 4 is 0 Å². The first-order valence-corrected chi connectivity index (χ1v) is 28.1. The number of hydrogen-bond acceptors (Lipinski definition) is 2. The molecule has 1 fully saturated rings. The smallest absolute Gasteiger partial charge is 0.0976 e. The van der Waals surface area contributed by atoms with E-state index < -0.39 is 6.17 Å². The molecule has 1 saturated heterocycles. The molecule has 1 rings (SSSR count). The molecular weight excluding hydrogens is 780 g/mol. The molecule has 0 aromatic carbocycles. The molecule has 0 amide bonds. The zero-order chi connectivity index (χ0) is 52.7. The van der Waals surface area contributed by atoms with Crippen molar-refractivity contribution in [3.63, 3.8) is 0 Å². The third-order valence-electron chi connectivity index (χ3n) is 11.1. The van der Waals surface area contributed by atoms with Gasteiger partial charge in [-0.2, -0.15) is 0 Å². The number of hydrogen-bond donors (Lipinski definition) is 0. The molecule has 1 unspecified atom stereocenters. The third-order valence-corrected chi connectivity index (χ3v) is 11.1. The van der Waals surface area contributed by atoms with Crippen molar-refractivity contribution in [3.8, 4) is 0 Å². The fourth-order valence-electron chi connectivity index (χ4n) is 5.61. The van der Waals surface area contributed by atoms with Crippen LogP contribution in [0.4, 0.5) is 4.39 Å². The first-order chi connectivity index (χ1) is 29.0. The number of rotatable bonds is 19. The van der Waals surface area contributed by atoms with Gasteiger partial charge in [-0.15, -0.1) is 0 Å². The molecule has 0 N–H and O–H groups in total. The summed E-state index contributed by atoms with van der Waals surface area (Å²) in [4.78, 5) is 4.75. The van der Waals surface area contributed by atoms with Gasteiger partial charge >= 0.3 is 0 Å². The van der Waals surface area contributed by atoms with Crippen LogP contribution >= 0.6 is 0 Å². The predicted octanol–water partition coefficient (Wildman–Crippen LogP) is 21.7. The highest BCUT2D eigenvalue weighted by molar-refractivity contribution is 4.69. The maximum Gasteiger partial charge on any atom is 0.0976 e. The van der Waals surface area contributed by atoms with E-state index in [1.807, 2.05) is 13.8 Å². The van der Waals surface area contributed by atoms with Gasteiger partial charge in [0.25, 0.3) is 0 Å². The molecule has 3 heteroatoms. The first kappa shape index (κ1) is 80.9. The van der Waals surface area contributed by atoms with Crippen LogP contribution in [0.2, 0.25) is 0 Å². The summed E-state index contributed by atoms with van der Waals surface area (Å²) < 4.78 is 12.0. The molecule has 0 aliphatic carbocycles. The number of likely N-dealkylation sites (tertiary alicyclic amines) is 1. The Labute approximate surface area is 413 Å². The second-order valence-electron chi connectivity index (χ2n) is 25.1. The Morgan fingerprint density at radius 1 is 0.484 bits per heavy atom. The van der Waals surface area contributed by atoms with Crippen LogP contribution in [0.5, 0.6) is 0 Å². The first-order valence-electron chi connectivity index (χ1n) is 28.1. The van der Waals surface area contributed by atoms with Crippen LogP contribution in [0.25, 0.3) is 0 Å². The molecule has 0 aromatic heterocycles. The maximum absolute atomic E-state index is 12.0. The Kier molecular flexibility index (Phi) is 70.1. The highest BCUT2D eigenvalue weighted by atomic mass is 19.1. The summed E-state index contributed by atoms with van der Waals surface area (Å²) in [7, 11) is 4.23. The number of unbranched alkanes of at least 4 members (excludes halogenated alkanes) is 1. The standard InChI is InChI=1S/C8H17N.2C8H18.C7H17N.C7H16.C6H13F.2C6H14.C5H12/c1-8(2)4-7-9-5-3-6-9;1-7(2)6-8(3,4)5;1-6-8(4,5)7(2)3;1-7(2)5-6-8(3)4;1-4-5-6-7(2)3;1-5(2)4-6(3)7;2*1-4-5-6(2)3;1-4-5(2)3/h8H,3-7H2,1-2H3;2*7H,6H2,1-5H3;7H,5-6H2,1-4H3;7H,4-6H2,1-3H3;5-6H,4H2,1-3H3;2*6H,4-5H2,1-3H3;5H,4H2,1-3H3. The lowest BCUT2D eigenvalue weighted by Gasteiger charge is -2.31. The van der Waals surface area contributed by atoms with Crippen molar-refractivity contribution in [2.75, 3.05) is 40.3 Å². The van der Waals surface area contributed by atoms with Gasteiger partial charge in [-0.25, -0.2) is 4.39 Å². The number of nitrogens with zero attached hydrogens (tertiary/aromatic N) is 2. The lowest BCUT2D eigenvalue weighted by Crippen LogP contribution is -2.38. The minimum atomic E-state index is -0.625.